The lowest BCUT2D eigenvalue weighted by atomic mass is 10.1. The van der Waals surface area contributed by atoms with E-state index in [4.69, 9.17) is 0 Å². The third-order valence-corrected chi connectivity index (χ3v) is 1.81. The summed E-state index contributed by atoms with van der Waals surface area (Å²) in [5.74, 6) is 0. The van der Waals surface area contributed by atoms with E-state index in [0.29, 0.717) is 0 Å². The van der Waals surface area contributed by atoms with Gasteiger partial charge in [-0.3, -0.25) is 0 Å². The molecular weight excluding hydrogens is 239 g/mol. The molecule has 0 aliphatic heterocycles. The van der Waals surface area contributed by atoms with Gasteiger partial charge in [-0.05, 0) is 10.5 Å². The summed E-state index contributed by atoms with van der Waals surface area (Å²) < 4.78 is 1.87. The van der Waals surface area contributed by atoms with E-state index in [-0.39, 0.29) is 6.10 Å². The predicted molar refractivity (Wildman–Crippen MR) is 53.3 cm³/mol. The molecule has 0 saturated carbocycles. The van der Waals surface area contributed by atoms with Crippen LogP contribution in [0.5, 0.6) is 0 Å². The van der Waals surface area contributed by atoms with Crippen molar-refractivity contribution < 1.29 is 5.11 Å². The Morgan fingerprint density at radius 2 is 2.20 bits per heavy atom. The van der Waals surface area contributed by atoms with E-state index in [2.05, 4.69) is 29.5 Å². The zero-order valence-corrected chi connectivity index (χ0v) is 8.54. The van der Waals surface area contributed by atoms with Gasteiger partial charge in [0.25, 0.3) is 0 Å². The number of hydrogen-bond acceptors (Lipinski definition) is 1. The van der Waals surface area contributed by atoms with Crippen LogP contribution in [0.1, 0.15) is 32.6 Å². The van der Waals surface area contributed by atoms with Crippen LogP contribution < -0.4 is 0 Å². The lowest BCUT2D eigenvalue weighted by molar-refractivity contribution is 0.208. The zero-order chi connectivity index (χ0) is 7.82. The second-order valence-corrected chi connectivity index (χ2v) is 3.10. The molecule has 0 amide bonds. The molecule has 0 radical (unpaired) electrons. The summed E-state index contributed by atoms with van der Waals surface area (Å²) in [5, 5.41) is 9.18. The Morgan fingerprint density at radius 3 is 2.70 bits per heavy atom. The van der Waals surface area contributed by atoms with Gasteiger partial charge in [0.05, 0.1) is 6.10 Å². The monoisotopic (exact) mass is 254 g/mol. The predicted octanol–water partition coefficient (Wildman–Crippen LogP) is 2.88. The minimum absolute atomic E-state index is 0.219. The molecular formula is C8H15IO. The minimum atomic E-state index is -0.219. The second kappa shape index (κ2) is 7.54. The highest BCUT2D eigenvalue weighted by molar-refractivity contribution is 14.1. The van der Waals surface area contributed by atoms with Crippen molar-refractivity contribution in [2.24, 2.45) is 0 Å². The van der Waals surface area contributed by atoms with Crippen LogP contribution >= 0.6 is 22.6 Å². The first-order valence-corrected chi connectivity index (χ1v) is 5.00. The Kier molecular flexibility index (Phi) is 7.86. The first-order chi connectivity index (χ1) is 4.81. The van der Waals surface area contributed by atoms with Gasteiger partial charge in [0.15, 0.2) is 0 Å². The highest BCUT2D eigenvalue weighted by Crippen LogP contribution is 2.04. The van der Waals surface area contributed by atoms with Crippen molar-refractivity contribution in [3.63, 3.8) is 0 Å². The van der Waals surface area contributed by atoms with Crippen LogP contribution in [0.15, 0.2) is 10.2 Å². The summed E-state index contributed by atoms with van der Waals surface area (Å²) in [6.45, 7) is 2.17. The average Bonchev–Trinajstić information content (AvgIpc) is 1.89. The van der Waals surface area contributed by atoms with E-state index in [9.17, 15) is 5.11 Å². The molecule has 60 valence electrons. The number of rotatable bonds is 5. The Bertz CT molecular complexity index is 91.3. The molecule has 1 atom stereocenters. The fourth-order valence-corrected chi connectivity index (χ4v) is 1.26. The number of aliphatic hydroxyl groups excluding tert-OH is 1. The molecule has 0 spiro atoms. The standard InChI is InChI=1S/C8H15IO/c1-2-3-4-5-8(10)6-7-9/h6-8,10H,2-5H2,1H3/b7-6+/t8-/m0/s1. The zero-order valence-electron chi connectivity index (χ0n) is 6.39. The SMILES string of the molecule is CCCCC[C@H](O)/C=C/I. The Balaban J connectivity index is 3.13. The minimum Gasteiger partial charge on any atom is -0.389 e. The van der Waals surface area contributed by atoms with Crippen LogP contribution in [0, 0.1) is 0 Å². The van der Waals surface area contributed by atoms with Crippen LogP contribution in [-0.4, -0.2) is 11.2 Å². The molecule has 10 heavy (non-hydrogen) atoms. The van der Waals surface area contributed by atoms with Crippen LogP contribution in [-0.2, 0) is 0 Å². The topological polar surface area (TPSA) is 20.2 Å². The van der Waals surface area contributed by atoms with Crippen molar-refractivity contribution in [2.75, 3.05) is 0 Å². The van der Waals surface area contributed by atoms with Gasteiger partial charge >= 0.3 is 0 Å². The van der Waals surface area contributed by atoms with Gasteiger partial charge in [-0.25, -0.2) is 0 Å². The first-order valence-electron chi connectivity index (χ1n) is 3.76. The molecule has 0 heterocycles. The summed E-state index contributed by atoms with van der Waals surface area (Å²) in [6, 6.07) is 0. The molecule has 2 heteroatoms. The molecule has 0 aliphatic rings. The molecule has 0 unspecified atom stereocenters. The van der Waals surface area contributed by atoms with Crippen LogP contribution in [0.4, 0.5) is 0 Å². The van der Waals surface area contributed by atoms with Gasteiger partial charge in [-0.1, -0.05) is 54.9 Å². The molecule has 0 aromatic heterocycles. The van der Waals surface area contributed by atoms with Crippen molar-refractivity contribution in [3.8, 4) is 0 Å². The lowest BCUT2D eigenvalue weighted by Gasteiger charge is -2.02. The maximum atomic E-state index is 9.18. The van der Waals surface area contributed by atoms with E-state index in [1.54, 1.807) is 0 Å². The van der Waals surface area contributed by atoms with E-state index in [0.717, 1.165) is 12.8 Å². The Labute approximate surface area is 76.7 Å². The third kappa shape index (κ3) is 6.55. The summed E-state index contributed by atoms with van der Waals surface area (Å²) in [5.41, 5.74) is 0. The molecule has 0 bridgehead atoms. The normalized spacial score (nSPS) is 14.3. The maximum absolute atomic E-state index is 9.18. The Hall–Kier alpha value is 0.430. The van der Waals surface area contributed by atoms with Gasteiger partial charge in [-0.2, -0.15) is 0 Å². The van der Waals surface area contributed by atoms with E-state index < -0.39 is 0 Å². The van der Waals surface area contributed by atoms with Crippen molar-refractivity contribution >= 4 is 22.6 Å². The van der Waals surface area contributed by atoms with Crippen LogP contribution in [0.25, 0.3) is 0 Å². The molecule has 0 saturated heterocycles. The van der Waals surface area contributed by atoms with Crippen LogP contribution in [0.2, 0.25) is 0 Å². The van der Waals surface area contributed by atoms with Gasteiger partial charge in [-0.15, -0.1) is 0 Å². The van der Waals surface area contributed by atoms with Crippen molar-refractivity contribution in [3.05, 3.63) is 10.2 Å². The number of halogens is 1. The molecule has 0 aliphatic carbocycles. The van der Waals surface area contributed by atoms with Gasteiger partial charge in [0, 0.05) is 0 Å². The lowest BCUT2D eigenvalue weighted by Crippen LogP contribution is -2.00. The third-order valence-electron chi connectivity index (χ3n) is 1.40. The number of aliphatic hydroxyl groups is 1. The van der Waals surface area contributed by atoms with Crippen molar-refractivity contribution in [1.82, 2.24) is 0 Å². The molecule has 1 N–H and O–H groups in total. The highest BCUT2D eigenvalue weighted by Gasteiger charge is 1.96. The second-order valence-electron chi connectivity index (χ2n) is 2.38. The summed E-state index contributed by atoms with van der Waals surface area (Å²) >= 11 is 2.12. The molecule has 1 nitrogen and oxygen atoms in total. The van der Waals surface area contributed by atoms with Gasteiger partial charge in [0.2, 0.25) is 0 Å². The highest BCUT2D eigenvalue weighted by atomic mass is 127. The quantitative estimate of drug-likeness (QED) is 0.590. The molecule has 0 rings (SSSR count). The fourth-order valence-electron chi connectivity index (χ4n) is 0.784. The average molecular weight is 254 g/mol. The van der Waals surface area contributed by atoms with E-state index in [1.165, 1.54) is 12.8 Å². The summed E-state index contributed by atoms with van der Waals surface area (Å²) in [7, 11) is 0. The first kappa shape index (κ1) is 10.4. The largest absolute Gasteiger partial charge is 0.389 e. The van der Waals surface area contributed by atoms with Gasteiger partial charge in [0.1, 0.15) is 0 Å². The van der Waals surface area contributed by atoms with Crippen molar-refractivity contribution in [2.45, 2.75) is 38.7 Å². The number of hydrogen-bond donors (Lipinski definition) is 1. The number of unbranched alkanes of at least 4 members (excludes halogenated alkanes) is 2. The Morgan fingerprint density at radius 1 is 1.50 bits per heavy atom. The van der Waals surface area contributed by atoms with Gasteiger partial charge < -0.3 is 5.11 Å². The maximum Gasteiger partial charge on any atom is 0.0728 e. The van der Waals surface area contributed by atoms with Crippen molar-refractivity contribution in [1.29, 1.82) is 0 Å². The summed E-state index contributed by atoms with van der Waals surface area (Å²) in [4.78, 5) is 0. The molecule has 0 aromatic carbocycles. The van der Waals surface area contributed by atoms with Crippen LogP contribution in [0.3, 0.4) is 0 Å². The van der Waals surface area contributed by atoms with E-state index >= 15 is 0 Å². The fraction of sp³-hybridized carbons (Fsp3) is 0.750. The smallest absolute Gasteiger partial charge is 0.0728 e. The molecule has 0 fully saturated rings. The summed E-state index contributed by atoms with van der Waals surface area (Å²) in [6.07, 6.45) is 6.11. The molecule has 0 aromatic rings. The van der Waals surface area contributed by atoms with E-state index in [1.807, 2.05) is 10.2 Å².